The monoisotopic (exact) mass is 579 g/mol. The number of benzene rings is 1. The molecule has 3 amide bonds. The van der Waals surface area contributed by atoms with Crippen LogP contribution in [0.2, 0.25) is 0 Å². The average molecular weight is 580 g/mol. The van der Waals surface area contributed by atoms with E-state index >= 15 is 0 Å². The van der Waals surface area contributed by atoms with E-state index in [0.717, 1.165) is 0 Å². The van der Waals surface area contributed by atoms with Gasteiger partial charge in [-0.2, -0.15) is 0 Å². The van der Waals surface area contributed by atoms with Gasteiger partial charge < -0.3 is 48.5 Å². The fourth-order valence-corrected chi connectivity index (χ4v) is 3.78. The van der Waals surface area contributed by atoms with Crippen LogP contribution in [0, 0.1) is 5.92 Å². The molecule has 1 aromatic carbocycles. The van der Waals surface area contributed by atoms with Crippen molar-refractivity contribution in [2.75, 3.05) is 6.54 Å². The summed E-state index contributed by atoms with van der Waals surface area (Å²) in [4.78, 5) is 65.9. The molecule has 0 aliphatic rings. The number of hydrogen-bond acceptors (Lipinski definition) is 8. The van der Waals surface area contributed by atoms with Crippen LogP contribution in [0.25, 0.3) is 0 Å². The first-order valence-corrected chi connectivity index (χ1v) is 13.2. The summed E-state index contributed by atoms with van der Waals surface area (Å²) >= 11 is 0. The quantitative estimate of drug-likeness (QED) is 0.0564. The van der Waals surface area contributed by atoms with Gasteiger partial charge in [-0.1, -0.05) is 32.4 Å². The number of carboxylic acids is 2. The Morgan fingerprint density at radius 1 is 0.902 bits per heavy atom. The lowest BCUT2D eigenvalue weighted by Crippen LogP contribution is -2.58. The Kier molecular flexibility index (Phi) is 14.6. The maximum absolute atomic E-state index is 13.2. The maximum Gasteiger partial charge on any atom is 0.326 e. The number of guanidine groups is 1. The molecule has 15 heteroatoms. The maximum atomic E-state index is 13.2. The highest BCUT2D eigenvalue weighted by Gasteiger charge is 2.32. The molecule has 12 N–H and O–H groups in total. The van der Waals surface area contributed by atoms with Gasteiger partial charge in [-0.3, -0.25) is 24.2 Å². The molecule has 0 aromatic heterocycles. The second kappa shape index (κ2) is 17.3. The summed E-state index contributed by atoms with van der Waals surface area (Å²) < 4.78 is 0. The molecule has 0 saturated heterocycles. The van der Waals surface area contributed by atoms with Crippen LogP contribution in [0.15, 0.2) is 29.3 Å². The first kappa shape index (κ1) is 34.6. The molecule has 0 heterocycles. The highest BCUT2D eigenvalue weighted by molar-refractivity contribution is 5.94. The number of nitrogens with two attached hydrogens (primary N) is 3. The van der Waals surface area contributed by atoms with Crippen molar-refractivity contribution in [1.82, 2.24) is 16.0 Å². The van der Waals surface area contributed by atoms with Gasteiger partial charge in [-0.25, -0.2) is 4.79 Å². The zero-order chi connectivity index (χ0) is 31.1. The molecule has 15 nitrogen and oxygen atoms in total. The van der Waals surface area contributed by atoms with E-state index in [1.165, 1.54) is 12.1 Å². The van der Waals surface area contributed by atoms with Crippen LogP contribution in [0.4, 0.5) is 0 Å². The van der Waals surface area contributed by atoms with Crippen molar-refractivity contribution in [3.63, 3.8) is 0 Å². The molecule has 41 heavy (non-hydrogen) atoms. The van der Waals surface area contributed by atoms with Crippen molar-refractivity contribution in [2.24, 2.45) is 28.1 Å². The van der Waals surface area contributed by atoms with Crippen LogP contribution >= 0.6 is 0 Å². The molecular weight excluding hydrogens is 538 g/mol. The number of aromatic hydroxyl groups is 1. The van der Waals surface area contributed by atoms with Crippen molar-refractivity contribution in [1.29, 1.82) is 0 Å². The standard InChI is InChI=1S/C26H41N7O8/c1-3-14(2)21(25(40)41)33-24(39)18(5-4-12-30-26(28)29)32-23(38)19(10-11-20(35)36)31-22(37)17(27)13-15-6-8-16(34)9-7-15/h6-9,14,17-19,21,34H,3-5,10-13,27H2,1-2H3,(H,31,37)(H,32,38)(H,33,39)(H,35,36)(H,40,41)(H4,28,29,30). The molecule has 1 rings (SSSR count). The van der Waals surface area contributed by atoms with Crippen molar-refractivity contribution in [3.8, 4) is 5.75 Å². The van der Waals surface area contributed by atoms with Crippen molar-refractivity contribution >= 4 is 35.6 Å². The van der Waals surface area contributed by atoms with Gasteiger partial charge in [0.2, 0.25) is 17.7 Å². The third-order valence-corrected chi connectivity index (χ3v) is 6.36. The summed E-state index contributed by atoms with van der Waals surface area (Å²) in [5.41, 5.74) is 17.3. The van der Waals surface area contributed by atoms with Crippen molar-refractivity contribution in [3.05, 3.63) is 29.8 Å². The third kappa shape index (κ3) is 13.0. The summed E-state index contributed by atoms with van der Waals surface area (Å²) in [5.74, 6) is -5.36. The molecule has 0 aliphatic carbocycles. The van der Waals surface area contributed by atoms with E-state index in [1.54, 1.807) is 26.0 Å². The van der Waals surface area contributed by atoms with Gasteiger partial charge in [0.15, 0.2) is 5.96 Å². The summed E-state index contributed by atoms with van der Waals surface area (Å²) in [6.07, 6.45) is 0.0177. The van der Waals surface area contributed by atoms with Crippen LogP contribution in [0.5, 0.6) is 5.75 Å². The van der Waals surface area contributed by atoms with E-state index in [4.69, 9.17) is 22.3 Å². The molecule has 5 unspecified atom stereocenters. The number of phenols is 1. The van der Waals surface area contributed by atoms with Crippen molar-refractivity contribution in [2.45, 2.75) is 76.5 Å². The molecule has 1 aromatic rings. The number of hydrogen-bond donors (Lipinski definition) is 9. The van der Waals surface area contributed by atoms with Crippen LogP contribution in [-0.4, -0.2) is 81.7 Å². The number of aliphatic imine (C=N–C) groups is 1. The minimum absolute atomic E-state index is 0.0150. The first-order valence-electron chi connectivity index (χ1n) is 13.2. The summed E-state index contributed by atoms with van der Waals surface area (Å²) in [6.45, 7) is 3.55. The van der Waals surface area contributed by atoms with E-state index in [-0.39, 0.29) is 43.9 Å². The fourth-order valence-electron chi connectivity index (χ4n) is 3.78. The lowest BCUT2D eigenvalue weighted by Gasteiger charge is -2.26. The number of nitrogens with zero attached hydrogens (tertiary/aromatic N) is 1. The second-order valence-electron chi connectivity index (χ2n) is 9.69. The summed E-state index contributed by atoms with van der Waals surface area (Å²) in [5, 5.41) is 35.5. The lowest BCUT2D eigenvalue weighted by molar-refractivity contribution is -0.144. The zero-order valence-electron chi connectivity index (χ0n) is 23.2. The Balaban J connectivity index is 3.08. The Morgan fingerprint density at radius 3 is 2.00 bits per heavy atom. The number of rotatable bonds is 18. The predicted octanol–water partition coefficient (Wildman–Crippen LogP) is -1.23. The minimum Gasteiger partial charge on any atom is -0.508 e. The normalized spacial score (nSPS) is 14.4. The summed E-state index contributed by atoms with van der Waals surface area (Å²) in [6, 6.07) is 1.09. The lowest BCUT2D eigenvalue weighted by atomic mass is 9.98. The molecule has 0 saturated carbocycles. The Hall–Kier alpha value is -4.40. The Morgan fingerprint density at radius 2 is 1.46 bits per heavy atom. The number of amides is 3. The third-order valence-electron chi connectivity index (χ3n) is 6.36. The van der Waals surface area contributed by atoms with Crippen LogP contribution in [0.1, 0.15) is 51.5 Å². The topological polar surface area (TPSA) is 273 Å². The number of carboxylic acid groups (broad SMARTS) is 2. The van der Waals surface area contributed by atoms with E-state index in [0.29, 0.717) is 12.0 Å². The fraction of sp³-hybridized carbons (Fsp3) is 0.538. The highest BCUT2D eigenvalue weighted by Crippen LogP contribution is 2.12. The molecule has 5 atom stereocenters. The van der Waals surface area contributed by atoms with E-state index < -0.39 is 66.2 Å². The van der Waals surface area contributed by atoms with E-state index in [9.17, 15) is 34.2 Å². The molecule has 0 radical (unpaired) electrons. The van der Waals surface area contributed by atoms with Gasteiger partial charge in [-0.15, -0.1) is 0 Å². The molecule has 0 bridgehead atoms. The van der Waals surface area contributed by atoms with Gasteiger partial charge in [0, 0.05) is 13.0 Å². The highest BCUT2D eigenvalue weighted by atomic mass is 16.4. The van der Waals surface area contributed by atoms with E-state index in [1.807, 2.05) is 0 Å². The van der Waals surface area contributed by atoms with Crippen molar-refractivity contribution < 1.29 is 39.3 Å². The number of carbonyl (C=O) groups is 5. The van der Waals surface area contributed by atoms with Crippen LogP contribution in [-0.2, 0) is 30.4 Å². The Labute approximate surface area is 237 Å². The number of nitrogens with one attached hydrogen (secondary N) is 3. The Bertz CT molecular complexity index is 1080. The smallest absolute Gasteiger partial charge is 0.326 e. The van der Waals surface area contributed by atoms with Crippen LogP contribution < -0.4 is 33.2 Å². The van der Waals surface area contributed by atoms with Gasteiger partial charge in [0.05, 0.1) is 6.04 Å². The minimum atomic E-state index is -1.36. The largest absolute Gasteiger partial charge is 0.508 e. The van der Waals surface area contributed by atoms with E-state index in [2.05, 4.69) is 20.9 Å². The number of carbonyl (C=O) groups excluding carboxylic acids is 3. The van der Waals surface area contributed by atoms with Gasteiger partial charge >= 0.3 is 11.9 Å². The predicted molar refractivity (Wildman–Crippen MR) is 149 cm³/mol. The molecule has 0 aliphatic heterocycles. The molecule has 0 fully saturated rings. The van der Waals surface area contributed by atoms with Gasteiger partial charge in [0.25, 0.3) is 0 Å². The molecular formula is C26H41N7O8. The van der Waals surface area contributed by atoms with Crippen LogP contribution in [0.3, 0.4) is 0 Å². The first-order chi connectivity index (χ1) is 19.2. The average Bonchev–Trinajstić information content (AvgIpc) is 2.91. The van der Waals surface area contributed by atoms with Gasteiger partial charge in [0.1, 0.15) is 23.9 Å². The second-order valence-corrected chi connectivity index (χ2v) is 9.69. The number of aliphatic carboxylic acids is 2. The molecule has 228 valence electrons. The van der Waals surface area contributed by atoms with Gasteiger partial charge in [-0.05, 0) is 49.3 Å². The summed E-state index contributed by atoms with van der Waals surface area (Å²) in [7, 11) is 0. The number of phenolic OH excluding ortho intramolecular Hbond substituents is 1. The SMILES string of the molecule is CCC(C)C(NC(=O)C(CCCN=C(N)N)NC(=O)C(CCC(=O)O)NC(=O)C(N)Cc1ccc(O)cc1)C(=O)O. The molecule has 0 spiro atoms. The zero-order valence-corrected chi connectivity index (χ0v) is 23.2.